The number of anilines is 2. The van der Waals surface area contributed by atoms with Crippen molar-refractivity contribution in [3.8, 4) is 0 Å². The highest BCUT2D eigenvalue weighted by Gasteiger charge is 2.18. The lowest BCUT2D eigenvalue weighted by Crippen LogP contribution is -2.45. The number of rotatable bonds is 7. The molecule has 29 heavy (non-hydrogen) atoms. The second-order valence-corrected chi connectivity index (χ2v) is 6.75. The van der Waals surface area contributed by atoms with Gasteiger partial charge < -0.3 is 20.4 Å². The van der Waals surface area contributed by atoms with Crippen LogP contribution in [0.1, 0.15) is 5.56 Å². The molecule has 0 unspecified atom stereocenters. The first-order chi connectivity index (χ1) is 13.9. The van der Waals surface area contributed by atoms with E-state index in [9.17, 15) is 14.0 Å². The minimum Gasteiger partial charge on any atom is -0.477 e. The molecular weight excluding hydrogens is 377 g/mol. The van der Waals surface area contributed by atoms with E-state index in [2.05, 4.69) is 15.1 Å². The third-order valence-electron chi connectivity index (χ3n) is 4.74. The number of hydrogen-bond acceptors (Lipinski definition) is 5. The molecule has 2 aromatic carbocycles. The summed E-state index contributed by atoms with van der Waals surface area (Å²) in [7, 11) is 0. The van der Waals surface area contributed by atoms with Crippen LogP contribution < -0.4 is 10.2 Å². The van der Waals surface area contributed by atoms with Gasteiger partial charge in [-0.3, -0.25) is 4.90 Å². The Labute approximate surface area is 167 Å². The summed E-state index contributed by atoms with van der Waals surface area (Å²) in [6.07, 6.45) is 0.977. The van der Waals surface area contributed by atoms with Gasteiger partial charge in [-0.1, -0.05) is 12.1 Å². The van der Waals surface area contributed by atoms with E-state index < -0.39 is 17.5 Å². The number of carboxylic acid groups (broad SMARTS) is 2. The predicted molar refractivity (Wildman–Crippen MR) is 107 cm³/mol. The van der Waals surface area contributed by atoms with Crippen molar-refractivity contribution in [3.63, 3.8) is 0 Å². The number of piperazine rings is 1. The second-order valence-electron chi connectivity index (χ2n) is 6.75. The molecule has 1 aliphatic rings. The van der Waals surface area contributed by atoms with E-state index in [-0.39, 0.29) is 5.82 Å². The van der Waals surface area contributed by atoms with Crippen LogP contribution in [0, 0.1) is 5.82 Å². The molecule has 8 heteroatoms. The molecule has 2 aromatic rings. The normalized spacial score (nSPS) is 14.3. The lowest BCUT2D eigenvalue weighted by molar-refractivity contribution is -0.140. The molecule has 0 amide bonds. The van der Waals surface area contributed by atoms with E-state index >= 15 is 0 Å². The van der Waals surface area contributed by atoms with Gasteiger partial charge in [-0.25, -0.2) is 14.0 Å². The Morgan fingerprint density at radius 2 is 1.66 bits per heavy atom. The maximum absolute atomic E-state index is 13.1. The number of benzene rings is 2. The SMILES string of the molecule is O=C(O)C(=CNc1cccc(CN2CCN(c3ccc(F)cc3)CC2)c1)C(=O)O. The highest BCUT2D eigenvalue weighted by molar-refractivity contribution is 6.12. The van der Waals surface area contributed by atoms with Gasteiger partial charge in [0.2, 0.25) is 0 Å². The first-order valence-corrected chi connectivity index (χ1v) is 9.17. The quantitative estimate of drug-likeness (QED) is 0.374. The van der Waals surface area contributed by atoms with Crippen molar-refractivity contribution in [2.45, 2.75) is 6.54 Å². The van der Waals surface area contributed by atoms with Gasteiger partial charge in [0.25, 0.3) is 0 Å². The zero-order valence-electron chi connectivity index (χ0n) is 15.7. The molecular formula is C21H22FN3O4. The highest BCUT2D eigenvalue weighted by Crippen LogP contribution is 2.19. The summed E-state index contributed by atoms with van der Waals surface area (Å²) in [6, 6.07) is 13.9. The largest absolute Gasteiger partial charge is 0.477 e. The standard InChI is InChI=1S/C21H22FN3O4/c22-16-4-6-18(7-5-16)25-10-8-24(9-11-25)14-15-2-1-3-17(12-15)23-13-19(20(26)27)21(28)29/h1-7,12-13,23H,8-11,14H2,(H,26,27)(H,28,29). The fourth-order valence-corrected chi connectivity index (χ4v) is 3.20. The van der Waals surface area contributed by atoms with Crippen molar-refractivity contribution >= 4 is 23.3 Å². The molecule has 1 aliphatic heterocycles. The van der Waals surface area contributed by atoms with Crippen LogP contribution in [0.25, 0.3) is 0 Å². The van der Waals surface area contributed by atoms with E-state index in [1.807, 2.05) is 18.2 Å². The monoisotopic (exact) mass is 399 g/mol. The van der Waals surface area contributed by atoms with Gasteiger partial charge in [-0.2, -0.15) is 0 Å². The minimum absolute atomic E-state index is 0.241. The molecule has 1 saturated heterocycles. The van der Waals surface area contributed by atoms with Crippen LogP contribution in [0.5, 0.6) is 0 Å². The molecule has 0 saturated carbocycles. The number of carboxylic acids is 2. The lowest BCUT2D eigenvalue weighted by atomic mass is 10.1. The maximum Gasteiger partial charge on any atom is 0.344 e. The Morgan fingerprint density at radius 1 is 1.00 bits per heavy atom. The van der Waals surface area contributed by atoms with Gasteiger partial charge in [-0.15, -0.1) is 0 Å². The summed E-state index contributed by atoms with van der Waals surface area (Å²) in [5, 5.41) is 20.5. The zero-order chi connectivity index (χ0) is 20.8. The Morgan fingerprint density at radius 3 is 2.28 bits per heavy atom. The average molecular weight is 399 g/mol. The fourth-order valence-electron chi connectivity index (χ4n) is 3.20. The van der Waals surface area contributed by atoms with E-state index in [1.54, 1.807) is 18.2 Å². The van der Waals surface area contributed by atoms with Gasteiger partial charge in [0.15, 0.2) is 5.57 Å². The van der Waals surface area contributed by atoms with Crippen molar-refractivity contribution in [2.24, 2.45) is 0 Å². The molecule has 7 nitrogen and oxygen atoms in total. The Balaban J connectivity index is 1.57. The van der Waals surface area contributed by atoms with Crippen LogP contribution in [0.3, 0.4) is 0 Å². The van der Waals surface area contributed by atoms with E-state index in [1.165, 1.54) is 12.1 Å². The van der Waals surface area contributed by atoms with Crippen LogP contribution in [0.15, 0.2) is 60.3 Å². The summed E-state index contributed by atoms with van der Waals surface area (Å²) < 4.78 is 13.1. The molecule has 0 aromatic heterocycles. The first-order valence-electron chi connectivity index (χ1n) is 9.17. The lowest BCUT2D eigenvalue weighted by Gasteiger charge is -2.36. The molecule has 0 spiro atoms. The average Bonchev–Trinajstić information content (AvgIpc) is 2.69. The molecule has 3 rings (SSSR count). The number of hydrogen-bond donors (Lipinski definition) is 3. The summed E-state index contributed by atoms with van der Waals surface area (Å²) >= 11 is 0. The number of carbonyl (C=O) groups is 2. The molecule has 0 atom stereocenters. The summed E-state index contributed by atoms with van der Waals surface area (Å²) in [5.74, 6) is -3.24. The van der Waals surface area contributed by atoms with Gasteiger partial charge in [0.05, 0.1) is 0 Å². The van der Waals surface area contributed by atoms with Gasteiger partial charge >= 0.3 is 11.9 Å². The van der Waals surface area contributed by atoms with Gasteiger partial charge in [0.1, 0.15) is 5.82 Å². The van der Waals surface area contributed by atoms with E-state index in [0.717, 1.165) is 50.2 Å². The van der Waals surface area contributed by atoms with Crippen LogP contribution in [-0.4, -0.2) is 53.2 Å². The third-order valence-corrected chi connectivity index (χ3v) is 4.74. The van der Waals surface area contributed by atoms with E-state index in [0.29, 0.717) is 5.69 Å². The number of aliphatic carboxylic acids is 2. The highest BCUT2D eigenvalue weighted by atomic mass is 19.1. The smallest absolute Gasteiger partial charge is 0.344 e. The zero-order valence-corrected chi connectivity index (χ0v) is 15.7. The van der Waals surface area contributed by atoms with Crippen molar-refractivity contribution in [3.05, 3.63) is 71.7 Å². The molecule has 1 fully saturated rings. The minimum atomic E-state index is -1.50. The van der Waals surface area contributed by atoms with Crippen LogP contribution >= 0.6 is 0 Å². The molecule has 0 bridgehead atoms. The second kappa shape index (κ2) is 9.20. The maximum atomic E-state index is 13.1. The molecule has 0 aliphatic carbocycles. The third kappa shape index (κ3) is 5.55. The summed E-state index contributed by atoms with van der Waals surface area (Å²) in [4.78, 5) is 26.4. The number of halogens is 1. The molecule has 3 N–H and O–H groups in total. The fraction of sp³-hybridized carbons (Fsp3) is 0.238. The van der Waals surface area contributed by atoms with E-state index in [4.69, 9.17) is 10.2 Å². The number of nitrogens with one attached hydrogen (secondary N) is 1. The summed E-state index contributed by atoms with van der Waals surface area (Å²) in [5.41, 5.74) is 1.93. The van der Waals surface area contributed by atoms with Crippen LogP contribution in [-0.2, 0) is 16.1 Å². The summed E-state index contributed by atoms with van der Waals surface area (Å²) in [6.45, 7) is 4.12. The molecule has 1 heterocycles. The van der Waals surface area contributed by atoms with Crippen molar-refractivity contribution in [1.82, 2.24) is 4.90 Å². The number of nitrogens with zero attached hydrogens (tertiary/aromatic N) is 2. The first kappa shape index (κ1) is 20.3. The van der Waals surface area contributed by atoms with Crippen LogP contribution in [0.4, 0.5) is 15.8 Å². The van der Waals surface area contributed by atoms with Gasteiger partial charge in [-0.05, 0) is 42.0 Å². The van der Waals surface area contributed by atoms with Crippen molar-refractivity contribution < 1.29 is 24.2 Å². The molecule has 152 valence electrons. The Hall–Kier alpha value is -3.39. The van der Waals surface area contributed by atoms with Crippen LogP contribution in [0.2, 0.25) is 0 Å². The Bertz CT molecular complexity index is 890. The van der Waals surface area contributed by atoms with Crippen molar-refractivity contribution in [1.29, 1.82) is 0 Å². The van der Waals surface area contributed by atoms with Gasteiger partial charge in [0, 0.05) is 50.3 Å². The topological polar surface area (TPSA) is 93.1 Å². The van der Waals surface area contributed by atoms with Crippen molar-refractivity contribution in [2.75, 3.05) is 36.4 Å². The molecule has 0 radical (unpaired) electrons. The Kier molecular flexibility index (Phi) is 6.46. The predicted octanol–water partition coefficient (Wildman–Crippen LogP) is 2.61.